The average molecular weight is 655 g/mol. The Morgan fingerprint density at radius 3 is 2.61 bits per heavy atom. The fraction of sp³-hybridized carbons (Fsp3) is 0.355. The van der Waals surface area contributed by atoms with E-state index in [-0.39, 0.29) is 42.2 Å². The molecule has 0 aliphatic carbocycles. The zero-order valence-electron chi connectivity index (χ0n) is 25.8. The van der Waals surface area contributed by atoms with Crippen molar-refractivity contribution >= 4 is 34.6 Å². The normalized spacial score (nSPS) is 12.5. The van der Waals surface area contributed by atoms with E-state index in [9.17, 15) is 4.79 Å². The van der Waals surface area contributed by atoms with Crippen LogP contribution in [-0.2, 0) is 17.8 Å². The maximum absolute atomic E-state index is 15.2. The standard InChI is InChI=1S/C31H40ClFN10O3/c1-17(34)4-3-5-18-10-23(27(33)24(32)11-18)25-12-20-15-43(31(44)42-28(20)41-25)21-7-6-19(26(13-21)45-2)16-46-22(14-40-30(37)38)8-9-39-29(35)36/h6-7,10-13,15,17,22H,3-5,8-9,14,16,34H2,1-2H3,(H4,35,36,39)(H4,37,38,40)(H,41,42,44)/t17-,22+/m0/s1. The number of aromatic nitrogens is 3. The zero-order valence-corrected chi connectivity index (χ0v) is 26.5. The van der Waals surface area contributed by atoms with Crippen molar-refractivity contribution in [1.29, 1.82) is 10.8 Å². The van der Waals surface area contributed by atoms with E-state index in [0.717, 1.165) is 24.0 Å². The summed E-state index contributed by atoms with van der Waals surface area (Å²) >= 11 is 6.25. The molecule has 13 nitrogen and oxygen atoms in total. The summed E-state index contributed by atoms with van der Waals surface area (Å²) in [4.78, 5) is 20.4. The van der Waals surface area contributed by atoms with Crippen molar-refractivity contribution in [3.63, 3.8) is 0 Å². The molecule has 15 heteroatoms. The number of fused-ring (bicyclic) bond motifs is 1. The van der Waals surface area contributed by atoms with E-state index in [4.69, 9.17) is 49.1 Å². The van der Waals surface area contributed by atoms with Crippen LogP contribution in [0.1, 0.15) is 37.3 Å². The fourth-order valence-corrected chi connectivity index (χ4v) is 5.23. The molecular formula is C31H40ClFN10O3. The number of aryl methyl sites for hydroxylation is 1. The number of benzene rings is 2. The predicted octanol–water partition coefficient (Wildman–Crippen LogP) is 3.09. The Morgan fingerprint density at radius 2 is 1.91 bits per heavy atom. The van der Waals surface area contributed by atoms with Gasteiger partial charge in [-0.3, -0.25) is 15.4 Å². The highest BCUT2D eigenvalue weighted by molar-refractivity contribution is 6.31. The lowest BCUT2D eigenvalue weighted by Gasteiger charge is -2.20. The monoisotopic (exact) mass is 654 g/mol. The first kappa shape index (κ1) is 34.2. The highest BCUT2D eigenvalue weighted by Crippen LogP contribution is 2.32. The molecule has 2 aromatic carbocycles. The first-order valence-corrected chi connectivity index (χ1v) is 15.1. The van der Waals surface area contributed by atoms with Crippen molar-refractivity contribution in [3.05, 3.63) is 75.0 Å². The molecule has 2 aromatic heterocycles. The summed E-state index contributed by atoms with van der Waals surface area (Å²) in [7, 11) is 1.52. The maximum Gasteiger partial charge on any atom is 0.354 e. The molecular weight excluding hydrogens is 615 g/mol. The van der Waals surface area contributed by atoms with Crippen molar-refractivity contribution in [2.45, 2.75) is 51.4 Å². The Labute approximate surface area is 270 Å². The number of H-pyrrole nitrogens is 1. The molecule has 0 aliphatic rings. The van der Waals surface area contributed by atoms with Crippen molar-refractivity contribution < 1.29 is 13.9 Å². The number of hydrogen-bond acceptors (Lipinski definition) is 7. The van der Waals surface area contributed by atoms with Gasteiger partial charge in [-0.1, -0.05) is 17.7 Å². The summed E-state index contributed by atoms with van der Waals surface area (Å²) in [6, 6.07) is 10.4. The molecule has 0 unspecified atom stereocenters. The summed E-state index contributed by atoms with van der Waals surface area (Å²) in [6.45, 7) is 2.79. The molecule has 0 radical (unpaired) electrons. The van der Waals surface area contributed by atoms with Gasteiger partial charge in [-0.2, -0.15) is 4.98 Å². The largest absolute Gasteiger partial charge is 0.496 e. The number of nitrogens with one attached hydrogen (secondary N) is 5. The van der Waals surface area contributed by atoms with Crippen LogP contribution in [0.2, 0.25) is 5.02 Å². The van der Waals surface area contributed by atoms with E-state index in [1.165, 1.54) is 11.7 Å². The minimum Gasteiger partial charge on any atom is -0.496 e. The quantitative estimate of drug-likeness (QED) is 0.0696. The summed E-state index contributed by atoms with van der Waals surface area (Å²) in [5, 5.41) is 20.9. The average Bonchev–Trinajstić information content (AvgIpc) is 3.41. The third kappa shape index (κ3) is 8.96. The molecule has 246 valence electrons. The minimum atomic E-state index is -0.559. The molecule has 0 amide bonds. The van der Waals surface area contributed by atoms with Gasteiger partial charge < -0.3 is 42.3 Å². The molecule has 2 atom stereocenters. The topological polar surface area (TPSA) is 219 Å². The van der Waals surface area contributed by atoms with Gasteiger partial charge in [-0.25, -0.2) is 9.18 Å². The molecule has 0 fully saturated rings. The number of rotatable bonds is 15. The van der Waals surface area contributed by atoms with Crippen LogP contribution in [0.3, 0.4) is 0 Å². The summed E-state index contributed by atoms with van der Waals surface area (Å²) in [5.74, 6) is -0.409. The first-order chi connectivity index (χ1) is 21.9. The second kappa shape index (κ2) is 15.6. The van der Waals surface area contributed by atoms with Crippen LogP contribution in [0.25, 0.3) is 28.0 Å². The lowest BCUT2D eigenvalue weighted by molar-refractivity contribution is 0.0379. The minimum absolute atomic E-state index is 0.0184. The van der Waals surface area contributed by atoms with Crippen molar-refractivity contribution in [1.82, 2.24) is 25.2 Å². The van der Waals surface area contributed by atoms with Gasteiger partial charge >= 0.3 is 5.69 Å². The molecule has 46 heavy (non-hydrogen) atoms. The Hall–Kier alpha value is -4.66. The van der Waals surface area contributed by atoms with Gasteiger partial charge in [-0.05, 0) is 62.4 Å². The van der Waals surface area contributed by atoms with E-state index in [1.807, 2.05) is 6.92 Å². The molecule has 0 aliphatic heterocycles. The van der Waals surface area contributed by atoms with Gasteiger partial charge in [0.25, 0.3) is 0 Å². The lowest BCUT2D eigenvalue weighted by atomic mass is 10.0. The van der Waals surface area contributed by atoms with Crippen LogP contribution in [0.15, 0.2) is 47.4 Å². The molecule has 4 aromatic rings. The number of nitrogens with two attached hydrogens (primary N) is 3. The number of methoxy groups -OCH3 is 1. The number of ether oxygens (including phenoxy) is 2. The Balaban J connectivity index is 1.57. The first-order valence-electron chi connectivity index (χ1n) is 14.8. The number of halogens is 2. The van der Waals surface area contributed by atoms with Gasteiger partial charge in [0.2, 0.25) is 0 Å². The van der Waals surface area contributed by atoms with E-state index >= 15 is 4.39 Å². The number of hydrogen-bond donors (Lipinski definition) is 8. The molecule has 0 spiro atoms. The summed E-state index contributed by atoms with van der Waals surface area (Å²) in [6.07, 6.45) is 4.16. The third-order valence-electron chi connectivity index (χ3n) is 7.34. The fourth-order valence-electron chi connectivity index (χ4n) is 4.98. The highest BCUT2D eigenvalue weighted by Gasteiger charge is 2.17. The highest BCUT2D eigenvalue weighted by atomic mass is 35.5. The SMILES string of the molecule is COc1cc(-n2cc3cc(-c4cc(CCC[C@H](C)N)cc(Cl)c4F)[nH]c3nc2=O)ccc1CO[C@H](CCNC(=N)N)CNC(=N)N. The number of nitrogens with zero attached hydrogens (tertiary/aromatic N) is 2. The second-order valence-corrected chi connectivity index (χ2v) is 11.4. The van der Waals surface area contributed by atoms with E-state index in [1.54, 1.807) is 42.6 Å². The number of guanidine groups is 2. The third-order valence-corrected chi connectivity index (χ3v) is 7.61. The smallest absolute Gasteiger partial charge is 0.354 e. The lowest BCUT2D eigenvalue weighted by Crippen LogP contribution is -2.40. The van der Waals surface area contributed by atoms with Gasteiger partial charge in [0.15, 0.2) is 17.7 Å². The van der Waals surface area contributed by atoms with Crippen molar-refractivity contribution in [2.24, 2.45) is 17.2 Å². The second-order valence-electron chi connectivity index (χ2n) is 11.0. The molecule has 2 heterocycles. The van der Waals surface area contributed by atoms with Crippen molar-refractivity contribution in [2.75, 3.05) is 20.2 Å². The van der Waals surface area contributed by atoms with Gasteiger partial charge in [-0.15, -0.1) is 0 Å². The Bertz CT molecular complexity index is 1760. The molecule has 0 saturated heterocycles. The van der Waals surface area contributed by atoms with E-state index in [0.29, 0.717) is 53.1 Å². The predicted molar refractivity (Wildman–Crippen MR) is 178 cm³/mol. The number of aromatic amines is 1. The van der Waals surface area contributed by atoms with Crippen LogP contribution in [-0.4, -0.2) is 58.8 Å². The van der Waals surface area contributed by atoms with E-state index in [2.05, 4.69) is 20.6 Å². The molecule has 0 saturated carbocycles. The summed E-state index contributed by atoms with van der Waals surface area (Å²) < 4.78 is 28.2. The van der Waals surface area contributed by atoms with Crippen LogP contribution >= 0.6 is 11.6 Å². The maximum atomic E-state index is 15.2. The van der Waals surface area contributed by atoms with Gasteiger partial charge in [0.1, 0.15) is 11.4 Å². The van der Waals surface area contributed by atoms with Crippen LogP contribution in [0.4, 0.5) is 4.39 Å². The van der Waals surface area contributed by atoms with Crippen molar-refractivity contribution in [3.8, 4) is 22.7 Å². The Kier molecular flexibility index (Phi) is 11.6. The van der Waals surface area contributed by atoms with Crippen LogP contribution < -0.4 is 38.3 Å². The summed E-state index contributed by atoms with van der Waals surface area (Å²) in [5.41, 5.74) is 19.3. The van der Waals surface area contributed by atoms with E-state index < -0.39 is 11.5 Å². The van der Waals surface area contributed by atoms with Crippen LogP contribution in [0.5, 0.6) is 5.75 Å². The molecule has 11 N–H and O–H groups in total. The zero-order chi connectivity index (χ0) is 33.4. The molecule has 0 bridgehead atoms. The molecule has 4 rings (SSSR count). The van der Waals surface area contributed by atoms with Crippen LogP contribution in [0, 0.1) is 16.6 Å². The van der Waals surface area contributed by atoms with Gasteiger partial charge in [0, 0.05) is 47.9 Å². The Morgan fingerprint density at radius 1 is 1.15 bits per heavy atom. The van der Waals surface area contributed by atoms with Gasteiger partial charge in [0.05, 0.1) is 36.2 Å².